The molecule has 160 valence electrons. The van der Waals surface area contributed by atoms with Crippen molar-refractivity contribution in [1.82, 2.24) is 15.5 Å². The predicted molar refractivity (Wildman–Crippen MR) is 118 cm³/mol. The van der Waals surface area contributed by atoms with Gasteiger partial charge in [-0.1, -0.05) is 35.9 Å². The van der Waals surface area contributed by atoms with Gasteiger partial charge in [0.25, 0.3) is 0 Å². The van der Waals surface area contributed by atoms with Gasteiger partial charge in [-0.2, -0.15) is 0 Å². The molecule has 1 fully saturated rings. The average molecular weight is 431 g/mol. The molecule has 1 aliphatic heterocycles. The van der Waals surface area contributed by atoms with Gasteiger partial charge in [0.15, 0.2) is 0 Å². The third kappa shape index (κ3) is 6.11. The van der Waals surface area contributed by atoms with Crippen molar-refractivity contribution in [3.05, 3.63) is 59.1 Å². The van der Waals surface area contributed by atoms with E-state index in [1.54, 1.807) is 19.2 Å². The van der Waals surface area contributed by atoms with Crippen LogP contribution in [0.1, 0.15) is 5.56 Å². The number of carbonyl (C=O) groups is 2. The summed E-state index contributed by atoms with van der Waals surface area (Å²) in [6, 6.07) is 15.1. The molecule has 7 nitrogen and oxygen atoms in total. The zero-order valence-corrected chi connectivity index (χ0v) is 17.8. The van der Waals surface area contributed by atoms with E-state index in [1.807, 2.05) is 30.3 Å². The summed E-state index contributed by atoms with van der Waals surface area (Å²) in [4.78, 5) is 28.5. The molecule has 0 radical (unpaired) electrons. The largest absolute Gasteiger partial charge is 0.495 e. The van der Waals surface area contributed by atoms with E-state index in [0.717, 1.165) is 43.2 Å². The molecule has 2 N–H and O–H groups in total. The molecular formula is C22H27ClN4O3. The first-order valence-electron chi connectivity index (χ1n) is 9.97. The van der Waals surface area contributed by atoms with Crippen LogP contribution < -0.4 is 20.3 Å². The van der Waals surface area contributed by atoms with Crippen LogP contribution in [0.3, 0.4) is 0 Å². The molecule has 2 aromatic carbocycles. The lowest BCUT2D eigenvalue weighted by Gasteiger charge is -2.36. The summed E-state index contributed by atoms with van der Waals surface area (Å²) in [5.74, 6) is -0.370. The Labute approximate surface area is 181 Å². The number of halogens is 1. The Morgan fingerprint density at radius 2 is 1.63 bits per heavy atom. The van der Waals surface area contributed by atoms with E-state index >= 15 is 0 Å². The maximum Gasteiger partial charge on any atom is 0.309 e. The fraction of sp³-hybridized carbons (Fsp3) is 0.364. The average Bonchev–Trinajstić information content (AvgIpc) is 2.79. The first kappa shape index (κ1) is 21.9. The van der Waals surface area contributed by atoms with Gasteiger partial charge in [0.05, 0.1) is 12.8 Å². The lowest BCUT2D eigenvalue weighted by Crippen LogP contribution is -2.49. The molecule has 0 unspecified atom stereocenters. The summed E-state index contributed by atoms with van der Waals surface area (Å²) < 4.78 is 5.45. The second-order valence-corrected chi connectivity index (χ2v) is 7.50. The van der Waals surface area contributed by atoms with Gasteiger partial charge >= 0.3 is 11.8 Å². The Balaban J connectivity index is 1.35. The third-order valence-electron chi connectivity index (χ3n) is 5.08. The number of rotatable bonds is 7. The van der Waals surface area contributed by atoms with E-state index in [0.29, 0.717) is 18.1 Å². The lowest BCUT2D eigenvalue weighted by atomic mass is 10.2. The fourth-order valence-electron chi connectivity index (χ4n) is 3.38. The van der Waals surface area contributed by atoms with Crippen molar-refractivity contribution >= 4 is 29.1 Å². The van der Waals surface area contributed by atoms with Crippen molar-refractivity contribution < 1.29 is 14.3 Å². The van der Waals surface area contributed by atoms with Crippen LogP contribution in [0.4, 0.5) is 5.69 Å². The van der Waals surface area contributed by atoms with Gasteiger partial charge in [0.2, 0.25) is 0 Å². The normalized spacial score (nSPS) is 14.3. The maximum absolute atomic E-state index is 12.0. The van der Waals surface area contributed by atoms with Crippen molar-refractivity contribution in [2.24, 2.45) is 0 Å². The van der Waals surface area contributed by atoms with Crippen LogP contribution in [0.5, 0.6) is 5.75 Å². The standard InChI is InChI=1S/C22H27ClN4O3/c1-30-20-5-3-2-4-19(20)27-14-12-26(13-15-27)11-10-24-21(28)22(29)25-16-17-6-8-18(23)9-7-17/h2-9H,10-16H2,1H3,(H,24,28)(H,25,29). The molecule has 1 aliphatic rings. The molecule has 0 aromatic heterocycles. The number of para-hydroxylation sites is 2. The zero-order chi connectivity index (χ0) is 21.3. The Morgan fingerprint density at radius 3 is 2.33 bits per heavy atom. The van der Waals surface area contributed by atoms with Gasteiger partial charge in [-0.3, -0.25) is 14.5 Å². The van der Waals surface area contributed by atoms with Crippen molar-refractivity contribution in [2.45, 2.75) is 6.54 Å². The number of amides is 2. The molecule has 3 rings (SSSR count). The van der Waals surface area contributed by atoms with Crippen LogP contribution in [0.25, 0.3) is 0 Å². The summed E-state index contributed by atoms with van der Waals surface area (Å²) in [6.45, 7) is 4.96. The Hall–Kier alpha value is -2.77. The number of anilines is 1. The smallest absolute Gasteiger partial charge is 0.309 e. The molecule has 0 saturated carbocycles. The first-order chi connectivity index (χ1) is 14.6. The molecule has 0 atom stereocenters. The summed E-state index contributed by atoms with van der Waals surface area (Å²) >= 11 is 5.84. The Morgan fingerprint density at radius 1 is 0.967 bits per heavy atom. The lowest BCUT2D eigenvalue weighted by molar-refractivity contribution is -0.139. The van der Waals surface area contributed by atoms with Gasteiger partial charge in [-0.15, -0.1) is 0 Å². The molecule has 1 heterocycles. The van der Waals surface area contributed by atoms with Gasteiger partial charge in [0, 0.05) is 50.8 Å². The minimum atomic E-state index is -0.633. The van der Waals surface area contributed by atoms with Gasteiger partial charge in [-0.25, -0.2) is 0 Å². The predicted octanol–water partition coefficient (Wildman–Crippen LogP) is 1.90. The van der Waals surface area contributed by atoms with Gasteiger partial charge in [-0.05, 0) is 29.8 Å². The highest BCUT2D eigenvalue weighted by atomic mass is 35.5. The number of hydrogen-bond acceptors (Lipinski definition) is 5. The summed E-state index contributed by atoms with van der Waals surface area (Å²) in [5.41, 5.74) is 1.98. The van der Waals surface area contributed by atoms with Crippen molar-refractivity contribution in [3.8, 4) is 5.75 Å². The fourth-order valence-corrected chi connectivity index (χ4v) is 3.50. The van der Waals surface area contributed by atoms with E-state index in [9.17, 15) is 9.59 Å². The number of nitrogens with zero attached hydrogens (tertiary/aromatic N) is 2. The van der Waals surface area contributed by atoms with E-state index in [4.69, 9.17) is 16.3 Å². The highest BCUT2D eigenvalue weighted by Crippen LogP contribution is 2.28. The summed E-state index contributed by atoms with van der Waals surface area (Å²) in [5, 5.41) is 5.94. The van der Waals surface area contributed by atoms with Crippen LogP contribution in [0.15, 0.2) is 48.5 Å². The van der Waals surface area contributed by atoms with Crippen LogP contribution >= 0.6 is 11.6 Å². The zero-order valence-electron chi connectivity index (χ0n) is 17.1. The van der Waals surface area contributed by atoms with Crippen LogP contribution in [-0.2, 0) is 16.1 Å². The molecular weight excluding hydrogens is 404 g/mol. The molecule has 2 amide bonds. The molecule has 30 heavy (non-hydrogen) atoms. The molecule has 2 aromatic rings. The Kier molecular flexibility index (Phi) is 7.93. The van der Waals surface area contributed by atoms with Crippen LogP contribution in [-0.4, -0.2) is 63.1 Å². The summed E-state index contributed by atoms with van der Waals surface area (Å²) in [7, 11) is 1.68. The number of nitrogens with one attached hydrogen (secondary N) is 2. The van der Waals surface area contributed by atoms with E-state index in [-0.39, 0.29) is 6.54 Å². The topological polar surface area (TPSA) is 73.9 Å². The molecule has 0 bridgehead atoms. The quantitative estimate of drug-likeness (QED) is 0.656. The van der Waals surface area contributed by atoms with E-state index < -0.39 is 11.8 Å². The number of piperazine rings is 1. The van der Waals surface area contributed by atoms with Gasteiger partial charge in [0.1, 0.15) is 5.75 Å². The second kappa shape index (κ2) is 10.8. The summed E-state index contributed by atoms with van der Waals surface area (Å²) in [6.07, 6.45) is 0. The monoisotopic (exact) mass is 430 g/mol. The van der Waals surface area contributed by atoms with E-state index in [2.05, 4.69) is 26.5 Å². The van der Waals surface area contributed by atoms with Gasteiger partial charge < -0.3 is 20.3 Å². The van der Waals surface area contributed by atoms with Crippen molar-refractivity contribution in [2.75, 3.05) is 51.3 Å². The SMILES string of the molecule is COc1ccccc1N1CCN(CCNC(=O)C(=O)NCc2ccc(Cl)cc2)CC1. The highest BCUT2D eigenvalue weighted by molar-refractivity contribution is 6.35. The molecule has 1 saturated heterocycles. The molecule has 8 heteroatoms. The van der Waals surface area contributed by atoms with Crippen LogP contribution in [0, 0.1) is 0 Å². The maximum atomic E-state index is 12.0. The molecule has 0 spiro atoms. The molecule has 0 aliphatic carbocycles. The number of methoxy groups -OCH3 is 1. The third-order valence-corrected chi connectivity index (χ3v) is 5.34. The van der Waals surface area contributed by atoms with Crippen LogP contribution in [0.2, 0.25) is 5.02 Å². The number of ether oxygens (including phenoxy) is 1. The Bertz CT molecular complexity index is 852. The van der Waals surface area contributed by atoms with Crippen molar-refractivity contribution in [3.63, 3.8) is 0 Å². The number of hydrogen-bond donors (Lipinski definition) is 2. The number of benzene rings is 2. The number of carbonyl (C=O) groups excluding carboxylic acids is 2. The van der Waals surface area contributed by atoms with Crippen molar-refractivity contribution in [1.29, 1.82) is 0 Å². The van der Waals surface area contributed by atoms with E-state index in [1.165, 1.54) is 0 Å². The first-order valence-corrected chi connectivity index (χ1v) is 10.4. The minimum absolute atomic E-state index is 0.286. The highest BCUT2D eigenvalue weighted by Gasteiger charge is 2.20. The minimum Gasteiger partial charge on any atom is -0.495 e. The second-order valence-electron chi connectivity index (χ2n) is 7.07.